The highest BCUT2D eigenvalue weighted by Crippen LogP contribution is 2.31. The Balaban J connectivity index is 2.33. The van der Waals surface area contributed by atoms with E-state index in [-0.39, 0.29) is 23.3 Å². The largest absolute Gasteiger partial charge is 0.283 e. The Hall–Kier alpha value is -2.12. The zero-order valence-corrected chi connectivity index (χ0v) is 18.4. The summed E-state index contributed by atoms with van der Waals surface area (Å²) in [6.45, 7) is 13.5. The van der Waals surface area contributed by atoms with E-state index < -0.39 is 15.9 Å². The summed E-state index contributed by atoms with van der Waals surface area (Å²) in [5.74, 6) is -0.334. The van der Waals surface area contributed by atoms with E-state index in [4.69, 9.17) is 11.6 Å². The van der Waals surface area contributed by atoms with Gasteiger partial charge in [-0.25, -0.2) is 9.40 Å². The van der Waals surface area contributed by atoms with Crippen LogP contribution in [0.15, 0.2) is 36.0 Å². The molecule has 1 aromatic heterocycles. The minimum Gasteiger partial charge on any atom is -0.274 e. The summed E-state index contributed by atoms with van der Waals surface area (Å²) in [4.78, 5) is 12.6. The molecule has 0 aliphatic rings. The number of halogens is 1. The molecule has 0 aliphatic carbocycles. The number of carbonyl (C=O) groups excluding carboxylic acids is 1. The van der Waals surface area contributed by atoms with Gasteiger partial charge in [0.2, 0.25) is 5.91 Å². The second kappa shape index (κ2) is 8.49. The van der Waals surface area contributed by atoms with Crippen LogP contribution in [0.25, 0.3) is 5.70 Å². The molecule has 1 amide bonds. The number of allylic oxidation sites excluding steroid dienone is 1. The van der Waals surface area contributed by atoms with Crippen molar-refractivity contribution in [2.45, 2.75) is 57.9 Å². The Morgan fingerprint density at radius 3 is 2.18 bits per heavy atom. The third kappa shape index (κ3) is 5.02. The minimum absolute atomic E-state index is 0.0569. The first-order valence-electron chi connectivity index (χ1n) is 9.01. The zero-order valence-electron chi connectivity index (χ0n) is 16.8. The zero-order chi connectivity index (χ0) is 21.2. The molecular formula is C20H26ClN3O3S. The monoisotopic (exact) mass is 423 g/mol. The van der Waals surface area contributed by atoms with Crippen molar-refractivity contribution in [1.82, 2.24) is 14.5 Å². The number of carbonyl (C=O) groups is 1. The fraction of sp³-hybridized carbons (Fsp3) is 0.400. The lowest BCUT2D eigenvalue weighted by Crippen LogP contribution is -2.32. The molecule has 8 heteroatoms. The van der Waals surface area contributed by atoms with Gasteiger partial charge in [-0.3, -0.25) is 4.79 Å². The quantitative estimate of drug-likeness (QED) is 0.718. The highest BCUT2D eigenvalue weighted by molar-refractivity contribution is 7.90. The van der Waals surface area contributed by atoms with E-state index in [9.17, 15) is 13.2 Å². The summed E-state index contributed by atoms with van der Waals surface area (Å²) in [5.41, 5.74) is 3.26. The van der Waals surface area contributed by atoms with Crippen LogP contribution in [-0.4, -0.2) is 24.1 Å². The Morgan fingerprint density at radius 1 is 1.21 bits per heavy atom. The van der Waals surface area contributed by atoms with Crippen molar-refractivity contribution in [3.63, 3.8) is 0 Å². The lowest BCUT2D eigenvalue weighted by molar-refractivity contribution is -0.118. The number of nitrogens with zero attached hydrogens (tertiary/aromatic N) is 2. The van der Waals surface area contributed by atoms with Crippen LogP contribution in [0.1, 0.15) is 63.1 Å². The highest BCUT2D eigenvalue weighted by Gasteiger charge is 2.23. The van der Waals surface area contributed by atoms with Crippen molar-refractivity contribution in [3.05, 3.63) is 52.7 Å². The third-order valence-corrected chi connectivity index (χ3v) is 5.83. The van der Waals surface area contributed by atoms with Crippen LogP contribution in [0, 0.1) is 0 Å². The van der Waals surface area contributed by atoms with E-state index in [1.807, 2.05) is 39.8 Å². The predicted molar refractivity (Wildman–Crippen MR) is 112 cm³/mol. The molecule has 0 spiro atoms. The molecule has 152 valence electrons. The van der Waals surface area contributed by atoms with Crippen LogP contribution in [0.2, 0.25) is 5.02 Å². The molecule has 0 unspecified atom stereocenters. The molecule has 0 radical (unpaired) electrons. The standard InChI is InChI=1S/C20H26ClN3O3S/c1-12(2)16-9-15(21)10-17(13(3)4)18(16)11-19(25)23-28(26,27)20-7-8-24(22-20)14(5)6/h7-10,12-13H,5,11H2,1-4,6H3,(H,23,25). The maximum Gasteiger partial charge on any atom is 0.283 e. The van der Waals surface area contributed by atoms with Crippen molar-refractivity contribution in [2.75, 3.05) is 0 Å². The average Bonchev–Trinajstić information content (AvgIpc) is 3.06. The van der Waals surface area contributed by atoms with Gasteiger partial charge in [-0.05, 0) is 53.6 Å². The van der Waals surface area contributed by atoms with Crippen molar-refractivity contribution >= 4 is 33.2 Å². The lowest BCUT2D eigenvalue weighted by Gasteiger charge is -2.20. The van der Waals surface area contributed by atoms with E-state index in [0.29, 0.717) is 10.7 Å². The van der Waals surface area contributed by atoms with E-state index in [1.54, 1.807) is 6.92 Å². The first-order valence-corrected chi connectivity index (χ1v) is 10.9. The molecular weight excluding hydrogens is 398 g/mol. The fourth-order valence-electron chi connectivity index (χ4n) is 2.98. The summed E-state index contributed by atoms with van der Waals surface area (Å²) < 4.78 is 28.5. The van der Waals surface area contributed by atoms with Crippen molar-refractivity contribution < 1.29 is 13.2 Å². The number of hydrogen-bond donors (Lipinski definition) is 1. The molecule has 6 nitrogen and oxygen atoms in total. The smallest absolute Gasteiger partial charge is 0.274 e. The van der Waals surface area contributed by atoms with Crippen LogP contribution < -0.4 is 4.72 Å². The molecule has 2 rings (SSSR count). The summed E-state index contributed by atoms with van der Waals surface area (Å²) in [6.07, 6.45) is 1.42. The van der Waals surface area contributed by atoms with Crippen LogP contribution in [0.3, 0.4) is 0 Å². The molecule has 0 bridgehead atoms. The van der Waals surface area contributed by atoms with Gasteiger partial charge >= 0.3 is 0 Å². The minimum atomic E-state index is -4.07. The van der Waals surface area contributed by atoms with Gasteiger partial charge in [0.05, 0.1) is 6.42 Å². The molecule has 0 saturated carbocycles. The molecule has 1 aromatic carbocycles. The number of hydrogen-bond acceptors (Lipinski definition) is 4. The molecule has 1 N–H and O–H groups in total. The van der Waals surface area contributed by atoms with Gasteiger partial charge in [-0.15, -0.1) is 0 Å². The summed E-state index contributed by atoms with van der Waals surface area (Å²) in [6, 6.07) is 5.00. The van der Waals surface area contributed by atoms with Gasteiger partial charge in [-0.1, -0.05) is 45.9 Å². The summed E-state index contributed by atoms with van der Waals surface area (Å²) in [7, 11) is -4.07. The van der Waals surface area contributed by atoms with Crippen LogP contribution in [0.5, 0.6) is 0 Å². The van der Waals surface area contributed by atoms with Crippen molar-refractivity contribution in [2.24, 2.45) is 0 Å². The summed E-state index contributed by atoms with van der Waals surface area (Å²) >= 11 is 6.25. The van der Waals surface area contributed by atoms with Crippen LogP contribution in [0.4, 0.5) is 0 Å². The topological polar surface area (TPSA) is 81.1 Å². The Morgan fingerprint density at radius 2 is 1.75 bits per heavy atom. The maximum absolute atomic E-state index is 12.6. The Labute approximate surface area is 171 Å². The Kier molecular flexibility index (Phi) is 6.72. The van der Waals surface area contributed by atoms with E-state index in [2.05, 4.69) is 16.4 Å². The van der Waals surface area contributed by atoms with Crippen LogP contribution in [-0.2, 0) is 21.2 Å². The summed E-state index contributed by atoms with van der Waals surface area (Å²) in [5, 5.41) is 4.32. The van der Waals surface area contributed by atoms with Crippen LogP contribution >= 0.6 is 11.6 Å². The number of amides is 1. The Bertz CT molecular complexity index is 978. The molecule has 28 heavy (non-hydrogen) atoms. The number of benzene rings is 1. The van der Waals surface area contributed by atoms with Crippen molar-refractivity contribution in [1.29, 1.82) is 0 Å². The fourth-order valence-corrected chi connectivity index (χ4v) is 4.12. The average molecular weight is 424 g/mol. The van der Waals surface area contributed by atoms with Gasteiger partial charge < -0.3 is 0 Å². The molecule has 0 aliphatic heterocycles. The lowest BCUT2D eigenvalue weighted by atomic mass is 9.87. The van der Waals surface area contributed by atoms with E-state index >= 15 is 0 Å². The van der Waals surface area contributed by atoms with Gasteiger partial charge in [0.25, 0.3) is 10.0 Å². The highest BCUT2D eigenvalue weighted by atomic mass is 35.5. The van der Waals surface area contributed by atoms with E-state index in [1.165, 1.54) is 16.9 Å². The number of aromatic nitrogens is 2. The molecule has 2 aromatic rings. The molecule has 0 atom stereocenters. The second-order valence-electron chi connectivity index (χ2n) is 7.41. The molecule has 0 fully saturated rings. The van der Waals surface area contributed by atoms with Gasteiger partial charge in [0, 0.05) is 16.9 Å². The predicted octanol–water partition coefficient (Wildman–Crippen LogP) is 4.32. The van der Waals surface area contributed by atoms with E-state index in [0.717, 1.165) is 16.7 Å². The number of sulfonamides is 1. The maximum atomic E-state index is 12.6. The SMILES string of the molecule is C=C(C)n1ccc(S(=O)(=O)NC(=O)Cc2c(C(C)C)cc(Cl)cc2C(C)C)n1. The van der Waals surface area contributed by atoms with Gasteiger partial charge in [0.1, 0.15) is 0 Å². The first kappa shape index (κ1) is 22.2. The third-order valence-electron chi connectivity index (χ3n) is 4.34. The van der Waals surface area contributed by atoms with Gasteiger partial charge in [-0.2, -0.15) is 13.5 Å². The number of rotatable bonds is 7. The number of nitrogens with one attached hydrogen (secondary N) is 1. The van der Waals surface area contributed by atoms with Gasteiger partial charge in [0.15, 0.2) is 5.03 Å². The van der Waals surface area contributed by atoms with Crippen molar-refractivity contribution in [3.8, 4) is 0 Å². The normalized spacial score (nSPS) is 11.9. The molecule has 1 heterocycles. The first-order chi connectivity index (χ1) is 12.9. The molecule has 0 saturated heterocycles. The second-order valence-corrected chi connectivity index (χ2v) is 9.48.